The summed E-state index contributed by atoms with van der Waals surface area (Å²) in [6, 6.07) is 4.61. The number of rotatable bonds is 2. The minimum Gasteiger partial charge on any atom is -0.343 e. The van der Waals surface area contributed by atoms with Gasteiger partial charge in [-0.1, -0.05) is 22.9 Å². The summed E-state index contributed by atoms with van der Waals surface area (Å²) in [5, 5.41) is 2.74. The standard InChI is InChI=1S/C13H14Br2N2O2/c1-3-10-13(19)17(7(2)12(18)16-10)11-6-8(14)4-5-9(11)15/h4-7,10H,3H2,1-2H3,(H,16,18). The third-order valence-corrected chi connectivity index (χ3v) is 4.36. The number of nitrogens with one attached hydrogen (secondary N) is 1. The Morgan fingerprint density at radius 2 is 2.00 bits per heavy atom. The zero-order valence-corrected chi connectivity index (χ0v) is 13.8. The lowest BCUT2D eigenvalue weighted by molar-refractivity contribution is -0.133. The highest BCUT2D eigenvalue weighted by Gasteiger charge is 2.38. The molecule has 0 aromatic heterocycles. The van der Waals surface area contributed by atoms with Crippen molar-refractivity contribution in [1.29, 1.82) is 0 Å². The number of hydrogen-bond acceptors (Lipinski definition) is 2. The monoisotopic (exact) mass is 388 g/mol. The van der Waals surface area contributed by atoms with Crippen LogP contribution in [0.4, 0.5) is 5.69 Å². The predicted octanol–water partition coefficient (Wildman–Crippen LogP) is 2.84. The average molecular weight is 390 g/mol. The maximum atomic E-state index is 12.5. The summed E-state index contributed by atoms with van der Waals surface area (Å²) in [6.45, 7) is 3.61. The highest BCUT2D eigenvalue weighted by Crippen LogP contribution is 2.32. The second-order valence-corrected chi connectivity index (χ2v) is 6.22. The van der Waals surface area contributed by atoms with Crippen LogP contribution >= 0.6 is 31.9 Å². The molecule has 1 aliphatic heterocycles. The Bertz CT molecular complexity index is 533. The zero-order valence-electron chi connectivity index (χ0n) is 10.6. The van der Waals surface area contributed by atoms with E-state index < -0.39 is 12.1 Å². The van der Waals surface area contributed by atoms with Gasteiger partial charge in [-0.15, -0.1) is 0 Å². The number of anilines is 1. The molecular weight excluding hydrogens is 376 g/mol. The predicted molar refractivity (Wildman–Crippen MR) is 81.0 cm³/mol. The SMILES string of the molecule is CCC1NC(=O)C(C)N(c2cc(Br)ccc2Br)C1=O. The van der Waals surface area contributed by atoms with E-state index in [1.54, 1.807) is 11.8 Å². The molecule has 2 rings (SSSR count). The summed E-state index contributed by atoms with van der Waals surface area (Å²) in [6.07, 6.45) is 0.583. The summed E-state index contributed by atoms with van der Waals surface area (Å²) in [5.74, 6) is -0.202. The van der Waals surface area contributed by atoms with Crippen LogP contribution in [0.3, 0.4) is 0 Å². The number of carbonyl (C=O) groups is 2. The van der Waals surface area contributed by atoms with Gasteiger partial charge in [0.2, 0.25) is 11.8 Å². The quantitative estimate of drug-likeness (QED) is 0.845. The van der Waals surface area contributed by atoms with Gasteiger partial charge in [-0.2, -0.15) is 0 Å². The first-order valence-electron chi connectivity index (χ1n) is 6.04. The summed E-state index contributed by atoms with van der Waals surface area (Å²) < 4.78 is 1.66. The van der Waals surface area contributed by atoms with E-state index in [0.717, 1.165) is 8.95 Å². The number of amides is 2. The van der Waals surface area contributed by atoms with Crippen molar-refractivity contribution in [1.82, 2.24) is 5.32 Å². The second-order valence-electron chi connectivity index (χ2n) is 4.45. The van der Waals surface area contributed by atoms with Crippen LogP contribution in [0.1, 0.15) is 20.3 Å². The molecule has 2 atom stereocenters. The van der Waals surface area contributed by atoms with Gasteiger partial charge in [0.05, 0.1) is 5.69 Å². The lowest BCUT2D eigenvalue weighted by Crippen LogP contribution is -2.62. The van der Waals surface area contributed by atoms with Crippen LogP contribution < -0.4 is 10.2 Å². The highest BCUT2D eigenvalue weighted by molar-refractivity contribution is 9.11. The van der Waals surface area contributed by atoms with Crippen LogP contribution in [0.25, 0.3) is 0 Å². The van der Waals surface area contributed by atoms with Crippen molar-refractivity contribution in [2.75, 3.05) is 4.90 Å². The fourth-order valence-corrected chi connectivity index (χ4v) is 2.89. The van der Waals surface area contributed by atoms with E-state index in [1.165, 1.54) is 0 Å². The maximum Gasteiger partial charge on any atom is 0.250 e. The molecule has 1 aromatic carbocycles. The first-order valence-corrected chi connectivity index (χ1v) is 7.62. The lowest BCUT2D eigenvalue weighted by Gasteiger charge is -2.37. The van der Waals surface area contributed by atoms with Crippen molar-refractivity contribution in [2.24, 2.45) is 0 Å². The molecule has 4 nitrogen and oxygen atoms in total. The second kappa shape index (κ2) is 5.63. The van der Waals surface area contributed by atoms with E-state index in [4.69, 9.17) is 0 Å². The molecule has 1 heterocycles. The molecule has 0 radical (unpaired) electrons. The third kappa shape index (κ3) is 2.69. The molecule has 6 heteroatoms. The van der Waals surface area contributed by atoms with Gasteiger partial charge >= 0.3 is 0 Å². The molecule has 102 valence electrons. The van der Waals surface area contributed by atoms with E-state index in [1.807, 2.05) is 25.1 Å². The lowest BCUT2D eigenvalue weighted by atomic mass is 10.1. The smallest absolute Gasteiger partial charge is 0.250 e. The molecule has 0 spiro atoms. The van der Waals surface area contributed by atoms with Crippen molar-refractivity contribution in [2.45, 2.75) is 32.4 Å². The van der Waals surface area contributed by atoms with Crippen molar-refractivity contribution in [3.63, 3.8) is 0 Å². The fourth-order valence-electron chi connectivity index (χ4n) is 2.10. The molecule has 2 unspecified atom stereocenters. The number of hydrogen-bond donors (Lipinski definition) is 1. The molecular formula is C13H14Br2N2O2. The Morgan fingerprint density at radius 3 is 2.63 bits per heavy atom. The Hall–Kier alpha value is -0.880. The van der Waals surface area contributed by atoms with Crippen LogP contribution in [-0.2, 0) is 9.59 Å². The first kappa shape index (κ1) is 14.5. The van der Waals surface area contributed by atoms with E-state index in [0.29, 0.717) is 12.1 Å². The van der Waals surface area contributed by atoms with Crippen LogP contribution in [0.15, 0.2) is 27.1 Å². The molecule has 1 N–H and O–H groups in total. The van der Waals surface area contributed by atoms with Crippen LogP contribution in [0.2, 0.25) is 0 Å². The largest absolute Gasteiger partial charge is 0.343 e. The van der Waals surface area contributed by atoms with Crippen molar-refractivity contribution >= 4 is 49.4 Å². The van der Waals surface area contributed by atoms with E-state index in [2.05, 4.69) is 37.2 Å². The molecule has 1 aliphatic rings. The summed E-state index contributed by atoms with van der Waals surface area (Å²) in [7, 11) is 0. The number of nitrogens with zero attached hydrogens (tertiary/aromatic N) is 1. The van der Waals surface area contributed by atoms with E-state index >= 15 is 0 Å². The van der Waals surface area contributed by atoms with Gasteiger partial charge in [0, 0.05) is 8.95 Å². The number of benzene rings is 1. The van der Waals surface area contributed by atoms with Gasteiger partial charge in [-0.25, -0.2) is 0 Å². The molecule has 0 aliphatic carbocycles. The molecule has 0 saturated carbocycles. The number of halogens is 2. The van der Waals surface area contributed by atoms with Gasteiger partial charge in [-0.3, -0.25) is 14.5 Å². The van der Waals surface area contributed by atoms with E-state index in [-0.39, 0.29) is 11.8 Å². The normalized spacial score (nSPS) is 23.5. The first-order chi connectivity index (χ1) is 8.95. The minimum atomic E-state index is -0.513. The van der Waals surface area contributed by atoms with Crippen molar-refractivity contribution in [3.8, 4) is 0 Å². The van der Waals surface area contributed by atoms with Gasteiger partial charge in [0.25, 0.3) is 0 Å². The summed E-state index contributed by atoms with van der Waals surface area (Å²) in [5.41, 5.74) is 0.708. The Balaban J connectivity index is 2.47. The van der Waals surface area contributed by atoms with Crippen molar-refractivity contribution in [3.05, 3.63) is 27.1 Å². The molecule has 1 saturated heterocycles. The van der Waals surface area contributed by atoms with Crippen LogP contribution in [-0.4, -0.2) is 23.9 Å². The fraction of sp³-hybridized carbons (Fsp3) is 0.385. The van der Waals surface area contributed by atoms with Gasteiger partial charge in [-0.05, 0) is 47.5 Å². The summed E-state index contributed by atoms with van der Waals surface area (Å²) >= 11 is 6.83. The van der Waals surface area contributed by atoms with Gasteiger partial charge < -0.3 is 5.32 Å². The average Bonchev–Trinajstić information content (AvgIpc) is 2.38. The molecule has 2 amide bonds. The third-order valence-electron chi connectivity index (χ3n) is 3.19. The minimum absolute atomic E-state index is 0.0756. The highest BCUT2D eigenvalue weighted by atomic mass is 79.9. The maximum absolute atomic E-state index is 12.5. The van der Waals surface area contributed by atoms with Gasteiger partial charge in [0.15, 0.2) is 0 Å². The number of carbonyl (C=O) groups excluding carboxylic acids is 2. The molecule has 1 fully saturated rings. The Morgan fingerprint density at radius 1 is 1.32 bits per heavy atom. The van der Waals surface area contributed by atoms with Crippen LogP contribution in [0, 0.1) is 0 Å². The summed E-state index contributed by atoms with van der Waals surface area (Å²) in [4.78, 5) is 26.0. The van der Waals surface area contributed by atoms with Crippen LogP contribution in [0.5, 0.6) is 0 Å². The number of piperazine rings is 1. The zero-order chi connectivity index (χ0) is 14.2. The molecule has 1 aromatic rings. The van der Waals surface area contributed by atoms with Crippen molar-refractivity contribution < 1.29 is 9.59 Å². The topological polar surface area (TPSA) is 49.4 Å². The van der Waals surface area contributed by atoms with E-state index in [9.17, 15) is 9.59 Å². The Kier molecular flexibility index (Phi) is 4.30. The molecule has 0 bridgehead atoms. The van der Waals surface area contributed by atoms with Gasteiger partial charge in [0.1, 0.15) is 12.1 Å². The molecule has 19 heavy (non-hydrogen) atoms. The Labute approximate surface area is 128 Å².